The summed E-state index contributed by atoms with van der Waals surface area (Å²) in [7, 11) is 2.12. The van der Waals surface area contributed by atoms with Crippen LogP contribution in [-0.4, -0.2) is 60.4 Å². The largest absolute Gasteiger partial charge is 0.356 e. The quantitative estimate of drug-likeness (QED) is 0.891. The van der Waals surface area contributed by atoms with E-state index in [0.717, 1.165) is 38.0 Å². The maximum absolute atomic E-state index is 12.8. The third-order valence-electron chi connectivity index (χ3n) is 5.69. The summed E-state index contributed by atoms with van der Waals surface area (Å²) in [5, 5.41) is 2.96. The zero-order chi connectivity index (χ0) is 17.2. The van der Waals surface area contributed by atoms with E-state index in [1.165, 1.54) is 5.56 Å². The molecule has 130 valence electrons. The standard InChI is InChI=1S/C19H27N3O2/c1-15-5-3-4-6-16(15)13-18(24)22-12-11-21(2)19(14-22)8-7-17(23)20-10-9-19/h3-6H,7-14H2,1-2H3,(H,20,23)/t19-/m1/s1. The monoisotopic (exact) mass is 329 g/mol. The number of likely N-dealkylation sites (N-methyl/N-ethyl adjacent to an activating group) is 1. The molecule has 2 heterocycles. The molecule has 1 aromatic rings. The lowest BCUT2D eigenvalue weighted by Crippen LogP contribution is -2.62. The molecule has 1 spiro atoms. The van der Waals surface area contributed by atoms with Gasteiger partial charge < -0.3 is 10.2 Å². The molecule has 0 aliphatic carbocycles. The summed E-state index contributed by atoms with van der Waals surface area (Å²) < 4.78 is 0. The Bertz CT molecular complexity index is 631. The Balaban J connectivity index is 1.71. The van der Waals surface area contributed by atoms with E-state index < -0.39 is 0 Å². The summed E-state index contributed by atoms with van der Waals surface area (Å²) in [4.78, 5) is 28.9. The molecule has 2 aliphatic rings. The number of hydrogen-bond donors (Lipinski definition) is 1. The van der Waals surface area contributed by atoms with Gasteiger partial charge in [-0.05, 0) is 37.9 Å². The maximum atomic E-state index is 12.8. The van der Waals surface area contributed by atoms with Crippen molar-refractivity contribution < 1.29 is 9.59 Å². The summed E-state index contributed by atoms with van der Waals surface area (Å²) in [6.45, 7) is 5.11. The fourth-order valence-electron chi connectivity index (χ4n) is 3.89. The van der Waals surface area contributed by atoms with Gasteiger partial charge in [-0.15, -0.1) is 0 Å². The number of nitrogens with zero attached hydrogens (tertiary/aromatic N) is 2. The third kappa shape index (κ3) is 3.46. The first-order valence-electron chi connectivity index (χ1n) is 8.80. The van der Waals surface area contributed by atoms with E-state index in [4.69, 9.17) is 0 Å². The van der Waals surface area contributed by atoms with Gasteiger partial charge in [0.15, 0.2) is 0 Å². The van der Waals surface area contributed by atoms with E-state index in [1.54, 1.807) is 0 Å². The number of carbonyl (C=O) groups is 2. The van der Waals surface area contributed by atoms with Gasteiger partial charge in [-0.2, -0.15) is 0 Å². The lowest BCUT2D eigenvalue weighted by Gasteiger charge is -2.49. The minimum atomic E-state index is -0.0706. The Morgan fingerprint density at radius 1 is 1.25 bits per heavy atom. The number of piperazine rings is 1. The first kappa shape index (κ1) is 17.0. The van der Waals surface area contributed by atoms with Crippen LogP contribution in [0.25, 0.3) is 0 Å². The Morgan fingerprint density at radius 3 is 2.83 bits per heavy atom. The van der Waals surface area contributed by atoms with Crippen LogP contribution >= 0.6 is 0 Å². The van der Waals surface area contributed by atoms with Crippen molar-refractivity contribution in [1.82, 2.24) is 15.1 Å². The first-order valence-corrected chi connectivity index (χ1v) is 8.80. The molecule has 1 aromatic carbocycles. The van der Waals surface area contributed by atoms with Gasteiger partial charge in [0.25, 0.3) is 0 Å². The van der Waals surface area contributed by atoms with E-state index in [9.17, 15) is 9.59 Å². The summed E-state index contributed by atoms with van der Waals surface area (Å²) in [6.07, 6.45) is 2.74. The predicted molar refractivity (Wildman–Crippen MR) is 93.7 cm³/mol. The fraction of sp³-hybridized carbons (Fsp3) is 0.579. The number of aryl methyl sites for hydroxylation is 1. The average Bonchev–Trinajstić information content (AvgIpc) is 2.75. The molecule has 0 radical (unpaired) electrons. The van der Waals surface area contributed by atoms with Crippen LogP contribution in [0.3, 0.4) is 0 Å². The van der Waals surface area contributed by atoms with Crippen LogP contribution in [0.5, 0.6) is 0 Å². The predicted octanol–water partition coefficient (Wildman–Crippen LogP) is 1.35. The summed E-state index contributed by atoms with van der Waals surface area (Å²) in [6, 6.07) is 8.08. The van der Waals surface area contributed by atoms with Crippen molar-refractivity contribution in [2.45, 2.75) is 38.1 Å². The number of carbonyl (C=O) groups excluding carboxylic acids is 2. The molecule has 0 unspecified atom stereocenters. The second kappa shape index (κ2) is 6.93. The van der Waals surface area contributed by atoms with E-state index in [1.807, 2.05) is 23.1 Å². The number of amides is 2. The van der Waals surface area contributed by atoms with E-state index in [2.05, 4.69) is 30.3 Å². The van der Waals surface area contributed by atoms with Crippen LogP contribution in [0.15, 0.2) is 24.3 Å². The van der Waals surface area contributed by atoms with Gasteiger partial charge in [0.1, 0.15) is 0 Å². The second-order valence-corrected chi connectivity index (χ2v) is 7.16. The number of hydrogen-bond acceptors (Lipinski definition) is 3. The molecule has 0 bridgehead atoms. The summed E-state index contributed by atoms with van der Waals surface area (Å²) in [5.41, 5.74) is 2.20. The van der Waals surface area contributed by atoms with Crippen molar-refractivity contribution in [2.24, 2.45) is 0 Å². The molecule has 1 N–H and O–H groups in total. The van der Waals surface area contributed by atoms with Crippen molar-refractivity contribution >= 4 is 11.8 Å². The van der Waals surface area contributed by atoms with Gasteiger partial charge >= 0.3 is 0 Å². The maximum Gasteiger partial charge on any atom is 0.227 e. The Kier molecular flexibility index (Phi) is 4.90. The second-order valence-electron chi connectivity index (χ2n) is 7.16. The van der Waals surface area contributed by atoms with Gasteiger partial charge in [0.05, 0.1) is 6.42 Å². The zero-order valence-electron chi connectivity index (χ0n) is 14.7. The van der Waals surface area contributed by atoms with E-state index >= 15 is 0 Å². The molecule has 1 atom stereocenters. The molecule has 24 heavy (non-hydrogen) atoms. The molecule has 0 saturated carbocycles. The highest BCUT2D eigenvalue weighted by Crippen LogP contribution is 2.30. The van der Waals surface area contributed by atoms with Crippen LogP contribution in [0.1, 0.15) is 30.4 Å². The smallest absolute Gasteiger partial charge is 0.227 e. The number of nitrogens with one attached hydrogen (secondary N) is 1. The molecule has 5 heteroatoms. The number of rotatable bonds is 2. The van der Waals surface area contributed by atoms with Gasteiger partial charge in [-0.25, -0.2) is 0 Å². The minimum absolute atomic E-state index is 0.0706. The molecular weight excluding hydrogens is 302 g/mol. The zero-order valence-corrected chi connectivity index (χ0v) is 14.7. The molecular formula is C19H27N3O2. The highest BCUT2D eigenvalue weighted by molar-refractivity contribution is 5.79. The topological polar surface area (TPSA) is 52.7 Å². The Hall–Kier alpha value is -1.88. The molecule has 2 amide bonds. The molecule has 5 nitrogen and oxygen atoms in total. The van der Waals surface area contributed by atoms with E-state index in [-0.39, 0.29) is 17.4 Å². The van der Waals surface area contributed by atoms with Crippen LogP contribution < -0.4 is 5.32 Å². The van der Waals surface area contributed by atoms with Crippen LogP contribution in [0.2, 0.25) is 0 Å². The molecule has 2 fully saturated rings. The van der Waals surface area contributed by atoms with Crippen LogP contribution in [-0.2, 0) is 16.0 Å². The van der Waals surface area contributed by atoms with Crippen molar-refractivity contribution in [3.8, 4) is 0 Å². The molecule has 0 aromatic heterocycles. The first-order chi connectivity index (χ1) is 11.5. The normalized spacial score (nSPS) is 25.4. The van der Waals surface area contributed by atoms with Gasteiger partial charge in [-0.1, -0.05) is 24.3 Å². The van der Waals surface area contributed by atoms with Crippen molar-refractivity contribution in [2.75, 3.05) is 33.2 Å². The minimum Gasteiger partial charge on any atom is -0.356 e. The SMILES string of the molecule is Cc1ccccc1CC(=O)N1CCN(C)[C@]2(CCNC(=O)CC2)C1. The van der Waals surface area contributed by atoms with Crippen LogP contribution in [0.4, 0.5) is 0 Å². The Morgan fingerprint density at radius 2 is 2.04 bits per heavy atom. The summed E-state index contributed by atoms with van der Waals surface area (Å²) >= 11 is 0. The Labute approximate surface area is 144 Å². The van der Waals surface area contributed by atoms with Crippen molar-refractivity contribution in [1.29, 1.82) is 0 Å². The number of benzene rings is 1. The van der Waals surface area contributed by atoms with Crippen molar-refractivity contribution in [3.05, 3.63) is 35.4 Å². The van der Waals surface area contributed by atoms with Crippen molar-refractivity contribution in [3.63, 3.8) is 0 Å². The average molecular weight is 329 g/mol. The highest BCUT2D eigenvalue weighted by atomic mass is 16.2. The lowest BCUT2D eigenvalue weighted by molar-refractivity contribution is -0.136. The van der Waals surface area contributed by atoms with E-state index in [0.29, 0.717) is 19.4 Å². The molecule has 2 saturated heterocycles. The third-order valence-corrected chi connectivity index (χ3v) is 5.69. The lowest BCUT2D eigenvalue weighted by atomic mass is 9.86. The van der Waals surface area contributed by atoms with Gasteiger partial charge in [-0.3, -0.25) is 14.5 Å². The highest BCUT2D eigenvalue weighted by Gasteiger charge is 2.41. The molecule has 2 aliphatic heterocycles. The van der Waals surface area contributed by atoms with Gasteiger partial charge in [0, 0.05) is 38.1 Å². The fourth-order valence-corrected chi connectivity index (χ4v) is 3.89. The van der Waals surface area contributed by atoms with Crippen LogP contribution in [0, 0.1) is 6.92 Å². The molecule has 3 rings (SSSR count). The summed E-state index contributed by atoms with van der Waals surface area (Å²) in [5.74, 6) is 0.323. The van der Waals surface area contributed by atoms with Gasteiger partial charge in [0.2, 0.25) is 11.8 Å².